The minimum Gasteiger partial charge on any atom is -0.342 e. The Morgan fingerprint density at radius 2 is 2.12 bits per heavy atom. The second-order valence-electron chi connectivity index (χ2n) is 5.59. The van der Waals surface area contributed by atoms with Crippen molar-refractivity contribution in [1.29, 1.82) is 0 Å². The molecule has 2 nitrogen and oxygen atoms in total. The standard InChI is InChI=1S/C13H22BrNO/c1-2-11-7-12(16)15(8-11)10-13(9-14)5-3-4-6-13/h11H,2-10H2,1H3. The predicted molar refractivity (Wildman–Crippen MR) is 69.7 cm³/mol. The summed E-state index contributed by atoms with van der Waals surface area (Å²) in [4.78, 5) is 14.0. The van der Waals surface area contributed by atoms with Crippen molar-refractivity contribution < 1.29 is 4.79 Å². The van der Waals surface area contributed by atoms with Crippen molar-refractivity contribution in [3.05, 3.63) is 0 Å². The molecule has 2 aliphatic rings. The molecule has 0 aromatic heterocycles. The second kappa shape index (κ2) is 5.07. The molecule has 2 fully saturated rings. The van der Waals surface area contributed by atoms with Crippen LogP contribution in [0.4, 0.5) is 0 Å². The second-order valence-corrected chi connectivity index (χ2v) is 6.15. The topological polar surface area (TPSA) is 20.3 Å². The summed E-state index contributed by atoms with van der Waals surface area (Å²) >= 11 is 3.65. The van der Waals surface area contributed by atoms with Gasteiger partial charge in [0, 0.05) is 24.8 Å². The van der Waals surface area contributed by atoms with Crippen LogP contribution >= 0.6 is 15.9 Å². The first-order valence-electron chi connectivity index (χ1n) is 6.53. The van der Waals surface area contributed by atoms with E-state index in [1.807, 2.05) is 0 Å². The Morgan fingerprint density at radius 1 is 1.44 bits per heavy atom. The van der Waals surface area contributed by atoms with Crippen LogP contribution in [0.5, 0.6) is 0 Å². The highest BCUT2D eigenvalue weighted by atomic mass is 79.9. The van der Waals surface area contributed by atoms with E-state index in [9.17, 15) is 4.79 Å². The first-order valence-corrected chi connectivity index (χ1v) is 7.65. The van der Waals surface area contributed by atoms with E-state index in [0.29, 0.717) is 17.2 Å². The average molecular weight is 288 g/mol. The fourth-order valence-electron chi connectivity index (χ4n) is 3.14. The molecule has 3 heteroatoms. The van der Waals surface area contributed by atoms with Crippen molar-refractivity contribution in [1.82, 2.24) is 4.90 Å². The van der Waals surface area contributed by atoms with Crippen molar-refractivity contribution in [2.24, 2.45) is 11.3 Å². The van der Waals surface area contributed by atoms with E-state index < -0.39 is 0 Å². The molecular weight excluding hydrogens is 266 g/mol. The first kappa shape index (κ1) is 12.4. The van der Waals surface area contributed by atoms with Gasteiger partial charge in [-0.05, 0) is 24.2 Å². The number of halogens is 1. The predicted octanol–water partition coefficient (Wildman–Crippen LogP) is 3.20. The zero-order valence-corrected chi connectivity index (χ0v) is 11.8. The van der Waals surface area contributed by atoms with Gasteiger partial charge < -0.3 is 4.90 Å². The number of carbonyl (C=O) groups excluding carboxylic acids is 1. The Kier molecular flexibility index (Phi) is 3.93. The molecule has 1 aliphatic carbocycles. The van der Waals surface area contributed by atoms with Crippen LogP contribution in [0.1, 0.15) is 45.4 Å². The van der Waals surface area contributed by atoms with Gasteiger partial charge in [0.15, 0.2) is 0 Å². The molecule has 0 N–H and O–H groups in total. The van der Waals surface area contributed by atoms with E-state index >= 15 is 0 Å². The largest absolute Gasteiger partial charge is 0.342 e. The van der Waals surface area contributed by atoms with Gasteiger partial charge in [-0.3, -0.25) is 4.79 Å². The van der Waals surface area contributed by atoms with E-state index in [1.165, 1.54) is 25.7 Å². The van der Waals surface area contributed by atoms with Crippen molar-refractivity contribution in [2.45, 2.75) is 45.4 Å². The zero-order valence-electron chi connectivity index (χ0n) is 10.2. The Morgan fingerprint density at radius 3 is 2.62 bits per heavy atom. The van der Waals surface area contributed by atoms with Crippen LogP contribution in [-0.2, 0) is 4.79 Å². The lowest BCUT2D eigenvalue weighted by Gasteiger charge is -2.32. The van der Waals surface area contributed by atoms with Gasteiger partial charge in [-0.1, -0.05) is 42.1 Å². The number of amides is 1. The third-order valence-electron chi connectivity index (χ3n) is 4.35. The molecule has 0 bridgehead atoms. The number of likely N-dealkylation sites (tertiary alicyclic amines) is 1. The maximum absolute atomic E-state index is 11.9. The molecule has 1 unspecified atom stereocenters. The highest BCUT2D eigenvalue weighted by Crippen LogP contribution is 2.41. The molecule has 1 saturated carbocycles. The minimum absolute atomic E-state index is 0.387. The molecule has 2 rings (SSSR count). The van der Waals surface area contributed by atoms with E-state index in [-0.39, 0.29) is 0 Å². The number of nitrogens with zero attached hydrogens (tertiary/aromatic N) is 1. The van der Waals surface area contributed by atoms with Crippen LogP contribution in [-0.4, -0.2) is 29.2 Å². The van der Waals surface area contributed by atoms with Gasteiger partial charge in [0.25, 0.3) is 0 Å². The molecule has 1 atom stereocenters. The average Bonchev–Trinajstić information content (AvgIpc) is 2.88. The molecule has 92 valence electrons. The van der Waals surface area contributed by atoms with Crippen LogP contribution in [0.3, 0.4) is 0 Å². The lowest BCUT2D eigenvalue weighted by atomic mass is 9.88. The molecule has 1 heterocycles. The molecule has 0 spiro atoms. The molecule has 1 aliphatic heterocycles. The van der Waals surface area contributed by atoms with Gasteiger partial charge in [-0.25, -0.2) is 0 Å². The third-order valence-corrected chi connectivity index (χ3v) is 5.54. The number of carbonyl (C=O) groups is 1. The first-order chi connectivity index (χ1) is 7.69. The smallest absolute Gasteiger partial charge is 0.222 e. The monoisotopic (exact) mass is 287 g/mol. The highest BCUT2D eigenvalue weighted by molar-refractivity contribution is 9.09. The van der Waals surface area contributed by atoms with Crippen LogP contribution in [0.25, 0.3) is 0 Å². The summed E-state index contributed by atoms with van der Waals surface area (Å²) in [6.07, 6.45) is 7.19. The van der Waals surface area contributed by atoms with Crippen LogP contribution in [0.2, 0.25) is 0 Å². The molecular formula is C13H22BrNO. The summed E-state index contributed by atoms with van der Waals surface area (Å²) in [5, 5.41) is 1.06. The van der Waals surface area contributed by atoms with Gasteiger partial charge in [0.1, 0.15) is 0 Å². The van der Waals surface area contributed by atoms with E-state index in [4.69, 9.17) is 0 Å². The van der Waals surface area contributed by atoms with E-state index in [1.54, 1.807) is 0 Å². The molecule has 0 aromatic rings. The molecule has 0 aromatic carbocycles. The Balaban J connectivity index is 1.96. The molecule has 1 amide bonds. The summed E-state index contributed by atoms with van der Waals surface area (Å²) in [6.45, 7) is 4.19. The minimum atomic E-state index is 0.387. The highest BCUT2D eigenvalue weighted by Gasteiger charge is 2.38. The molecule has 1 saturated heterocycles. The fourth-order valence-corrected chi connectivity index (χ4v) is 3.88. The van der Waals surface area contributed by atoms with Crippen molar-refractivity contribution in [3.8, 4) is 0 Å². The van der Waals surface area contributed by atoms with Crippen molar-refractivity contribution in [3.63, 3.8) is 0 Å². The summed E-state index contributed by atoms with van der Waals surface area (Å²) in [6, 6.07) is 0. The van der Waals surface area contributed by atoms with Crippen LogP contribution in [0, 0.1) is 11.3 Å². The Bertz CT molecular complexity index is 261. The lowest BCUT2D eigenvalue weighted by Crippen LogP contribution is -2.38. The van der Waals surface area contributed by atoms with Gasteiger partial charge in [0.05, 0.1) is 0 Å². The summed E-state index contributed by atoms with van der Waals surface area (Å²) in [5.41, 5.74) is 0.387. The van der Waals surface area contributed by atoms with Crippen molar-refractivity contribution >= 4 is 21.8 Å². The summed E-state index contributed by atoms with van der Waals surface area (Å²) in [5.74, 6) is 1.00. The number of hydrogen-bond acceptors (Lipinski definition) is 1. The SMILES string of the molecule is CCC1CC(=O)N(CC2(CBr)CCCC2)C1. The quantitative estimate of drug-likeness (QED) is 0.727. The third kappa shape index (κ3) is 2.44. The van der Waals surface area contributed by atoms with Gasteiger partial charge in [0.2, 0.25) is 5.91 Å². The van der Waals surface area contributed by atoms with Crippen molar-refractivity contribution in [2.75, 3.05) is 18.4 Å². The van der Waals surface area contributed by atoms with Gasteiger partial charge in [-0.15, -0.1) is 0 Å². The van der Waals surface area contributed by atoms with Crippen LogP contribution in [0.15, 0.2) is 0 Å². The lowest BCUT2D eigenvalue weighted by molar-refractivity contribution is -0.128. The number of alkyl halides is 1. The summed E-state index contributed by atoms with van der Waals surface area (Å²) in [7, 11) is 0. The molecule has 16 heavy (non-hydrogen) atoms. The Labute approximate surface area is 107 Å². The number of hydrogen-bond donors (Lipinski definition) is 0. The van der Waals surface area contributed by atoms with Gasteiger partial charge >= 0.3 is 0 Å². The number of rotatable bonds is 4. The Hall–Kier alpha value is -0.0500. The van der Waals surface area contributed by atoms with Gasteiger partial charge in [-0.2, -0.15) is 0 Å². The van der Waals surface area contributed by atoms with E-state index in [0.717, 1.165) is 31.3 Å². The van der Waals surface area contributed by atoms with Crippen LogP contribution < -0.4 is 0 Å². The maximum Gasteiger partial charge on any atom is 0.222 e. The normalized spacial score (nSPS) is 29.0. The zero-order chi connectivity index (χ0) is 11.6. The maximum atomic E-state index is 11.9. The summed E-state index contributed by atoms with van der Waals surface area (Å²) < 4.78 is 0. The fraction of sp³-hybridized carbons (Fsp3) is 0.923. The molecule has 0 radical (unpaired) electrons. The van der Waals surface area contributed by atoms with E-state index in [2.05, 4.69) is 27.8 Å².